The number of anilines is 1. The lowest BCUT2D eigenvalue weighted by molar-refractivity contribution is 0.171. The molecule has 2 unspecified atom stereocenters. The van der Waals surface area contributed by atoms with Crippen molar-refractivity contribution in [3.63, 3.8) is 0 Å². The quantitative estimate of drug-likeness (QED) is 0.748. The standard InChI is InChI=1S/C15H27N3O2/c1-12(11-20-5)18(8-9-19-4)14-6-7-15(17-10-14)13(2)16-3/h6-7,10,12-13,16H,8-9,11H2,1-5H3. The van der Waals surface area contributed by atoms with E-state index in [0.29, 0.717) is 13.2 Å². The topological polar surface area (TPSA) is 46.6 Å². The first-order valence-corrected chi connectivity index (χ1v) is 7.01. The Morgan fingerprint density at radius 3 is 2.50 bits per heavy atom. The molecule has 0 aliphatic heterocycles. The number of aromatic nitrogens is 1. The maximum atomic E-state index is 5.25. The maximum Gasteiger partial charge on any atom is 0.0663 e. The van der Waals surface area contributed by atoms with E-state index in [-0.39, 0.29) is 12.1 Å². The van der Waals surface area contributed by atoms with Crippen LogP contribution in [0, 0.1) is 0 Å². The molecule has 1 heterocycles. The third-order valence-electron chi connectivity index (χ3n) is 3.46. The largest absolute Gasteiger partial charge is 0.383 e. The van der Waals surface area contributed by atoms with Crippen LogP contribution >= 0.6 is 0 Å². The Kier molecular flexibility index (Phi) is 7.51. The molecule has 0 aliphatic carbocycles. The monoisotopic (exact) mass is 281 g/mol. The molecule has 114 valence electrons. The van der Waals surface area contributed by atoms with Crippen molar-refractivity contribution in [3.05, 3.63) is 24.0 Å². The van der Waals surface area contributed by atoms with Crippen molar-refractivity contribution in [3.8, 4) is 0 Å². The Morgan fingerprint density at radius 1 is 1.25 bits per heavy atom. The van der Waals surface area contributed by atoms with Crippen LogP contribution in [0.5, 0.6) is 0 Å². The number of hydrogen-bond donors (Lipinski definition) is 1. The van der Waals surface area contributed by atoms with Gasteiger partial charge in [0, 0.05) is 32.8 Å². The van der Waals surface area contributed by atoms with Crippen LogP contribution in [-0.4, -0.2) is 52.1 Å². The summed E-state index contributed by atoms with van der Waals surface area (Å²) in [6.07, 6.45) is 1.92. The van der Waals surface area contributed by atoms with Gasteiger partial charge in [0.15, 0.2) is 0 Å². The second kappa shape index (κ2) is 8.89. The van der Waals surface area contributed by atoms with E-state index in [2.05, 4.69) is 41.2 Å². The molecule has 1 N–H and O–H groups in total. The van der Waals surface area contributed by atoms with Gasteiger partial charge < -0.3 is 19.7 Å². The number of nitrogens with zero attached hydrogens (tertiary/aromatic N) is 2. The summed E-state index contributed by atoms with van der Waals surface area (Å²) >= 11 is 0. The molecule has 1 rings (SSSR count). The van der Waals surface area contributed by atoms with E-state index in [1.807, 2.05) is 13.2 Å². The van der Waals surface area contributed by atoms with Crippen molar-refractivity contribution in [1.82, 2.24) is 10.3 Å². The third kappa shape index (κ3) is 4.74. The number of ether oxygens (including phenoxy) is 2. The van der Waals surface area contributed by atoms with Crippen LogP contribution in [0.3, 0.4) is 0 Å². The molecule has 0 saturated heterocycles. The van der Waals surface area contributed by atoms with Crippen LogP contribution in [0.25, 0.3) is 0 Å². The number of methoxy groups -OCH3 is 2. The van der Waals surface area contributed by atoms with Gasteiger partial charge in [-0.15, -0.1) is 0 Å². The average molecular weight is 281 g/mol. The van der Waals surface area contributed by atoms with Crippen molar-refractivity contribution in [1.29, 1.82) is 0 Å². The van der Waals surface area contributed by atoms with Crippen LogP contribution in [0.1, 0.15) is 25.6 Å². The second-order valence-corrected chi connectivity index (χ2v) is 4.94. The van der Waals surface area contributed by atoms with Crippen LogP contribution in [0.4, 0.5) is 5.69 Å². The fourth-order valence-corrected chi connectivity index (χ4v) is 2.10. The summed E-state index contributed by atoms with van der Waals surface area (Å²) in [6.45, 7) is 6.42. The fourth-order valence-electron chi connectivity index (χ4n) is 2.10. The lowest BCUT2D eigenvalue weighted by Gasteiger charge is -2.30. The third-order valence-corrected chi connectivity index (χ3v) is 3.46. The molecule has 0 amide bonds. The van der Waals surface area contributed by atoms with Crippen molar-refractivity contribution in [2.75, 3.05) is 45.9 Å². The van der Waals surface area contributed by atoms with Gasteiger partial charge in [0.25, 0.3) is 0 Å². The van der Waals surface area contributed by atoms with Gasteiger partial charge in [-0.05, 0) is 33.0 Å². The Balaban J connectivity index is 2.84. The first-order valence-electron chi connectivity index (χ1n) is 7.01. The van der Waals surface area contributed by atoms with Gasteiger partial charge in [-0.2, -0.15) is 0 Å². The SMILES string of the molecule is CNC(C)c1ccc(N(CCOC)C(C)COC)cn1. The van der Waals surface area contributed by atoms with Gasteiger partial charge in [-0.25, -0.2) is 0 Å². The summed E-state index contributed by atoms with van der Waals surface area (Å²) < 4.78 is 10.4. The molecule has 1 aromatic heterocycles. The molecule has 0 radical (unpaired) electrons. The zero-order valence-electron chi connectivity index (χ0n) is 13.2. The van der Waals surface area contributed by atoms with Gasteiger partial charge in [0.2, 0.25) is 0 Å². The molecule has 0 aromatic carbocycles. The lowest BCUT2D eigenvalue weighted by Crippen LogP contribution is -2.38. The molecule has 5 nitrogen and oxygen atoms in total. The highest BCUT2D eigenvalue weighted by Crippen LogP contribution is 2.18. The average Bonchev–Trinajstić information content (AvgIpc) is 2.48. The normalized spacial score (nSPS) is 14.1. The molecule has 0 saturated carbocycles. The maximum absolute atomic E-state index is 5.25. The van der Waals surface area contributed by atoms with E-state index in [1.165, 1.54) is 0 Å². The number of hydrogen-bond acceptors (Lipinski definition) is 5. The van der Waals surface area contributed by atoms with Crippen LogP contribution < -0.4 is 10.2 Å². The number of nitrogens with one attached hydrogen (secondary N) is 1. The first-order chi connectivity index (χ1) is 9.63. The summed E-state index contributed by atoms with van der Waals surface area (Å²) in [5.41, 5.74) is 2.14. The van der Waals surface area contributed by atoms with Gasteiger partial charge in [-0.1, -0.05) is 0 Å². The highest BCUT2D eigenvalue weighted by atomic mass is 16.5. The zero-order chi connectivity index (χ0) is 15.0. The first kappa shape index (κ1) is 16.9. The fraction of sp³-hybridized carbons (Fsp3) is 0.667. The molecule has 0 spiro atoms. The van der Waals surface area contributed by atoms with Crippen molar-refractivity contribution < 1.29 is 9.47 Å². The molecular weight excluding hydrogens is 254 g/mol. The summed E-state index contributed by atoms with van der Waals surface area (Å²) in [4.78, 5) is 6.79. The van der Waals surface area contributed by atoms with Crippen LogP contribution in [0.2, 0.25) is 0 Å². The summed E-state index contributed by atoms with van der Waals surface area (Å²) in [5, 5.41) is 3.19. The lowest BCUT2D eigenvalue weighted by atomic mass is 10.2. The minimum Gasteiger partial charge on any atom is -0.383 e. The zero-order valence-corrected chi connectivity index (χ0v) is 13.2. The van der Waals surface area contributed by atoms with Crippen LogP contribution in [-0.2, 0) is 9.47 Å². The molecule has 0 fully saturated rings. The van der Waals surface area contributed by atoms with Crippen molar-refractivity contribution in [2.45, 2.75) is 25.9 Å². The molecule has 20 heavy (non-hydrogen) atoms. The highest BCUT2D eigenvalue weighted by Gasteiger charge is 2.15. The van der Waals surface area contributed by atoms with Crippen molar-refractivity contribution >= 4 is 5.69 Å². The summed E-state index contributed by atoms with van der Waals surface area (Å²) in [7, 11) is 5.38. The highest BCUT2D eigenvalue weighted by molar-refractivity contribution is 5.46. The number of pyridine rings is 1. The van der Waals surface area contributed by atoms with E-state index in [9.17, 15) is 0 Å². The van der Waals surface area contributed by atoms with Gasteiger partial charge >= 0.3 is 0 Å². The van der Waals surface area contributed by atoms with Gasteiger partial charge in [0.05, 0.1) is 30.8 Å². The summed E-state index contributed by atoms with van der Waals surface area (Å²) in [6, 6.07) is 4.71. The molecule has 0 bridgehead atoms. The van der Waals surface area contributed by atoms with Crippen LogP contribution in [0.15, 0.2) is 18.3 Å². The van der Waals surface area contributed by atoms with E-state index >= 15 is 0 Å². The van der Waals surface area contributed by atoms with E-state index in [1.54, 1.807) is 14.2 Å². The molecule has 2 atom stereocenters. The second-order valence-electron chi connectivity index (χ2n) is 4.94. The Bertz CT molecular complexity index is 370. The minimum absolute atomic E-state index is 0.257. The molecule has 1 aromatic rings. The Hall–Kier alpha value is -1.17. The molecular formula is C15H27N3O2. The van der Waals surface area contributed by atoms with Gasteiger partial charge in [-0.3, -0.25) is 4.98 Å². The van der Waals surface area contributed by atoms with E-state index in [4.69, 9.17) is 9.47 Å². The predicted molar refractivity (Wildman–Crippen MR) is 82.3 cm³/mol. The molecule has 0 aliphatic rings. The van der Waals surface area contributed by atoms with E-state index in [0.717, 1.165) is 17.9 Å². The Morgan fingerprint density at radius 2 is 2.00 bits per heavy atom. The van der Waals surface area contributed by atoms with Crippen molar-refractivity contribution in [2.24, 2.45) is 0 Å². The number of rotatable bonds is 9. The molecule has 5 heteroatoms. The van der Waals surface area contributed by atoms with Gasteiger partial charge in [0.1, 0.15) is 0 Å². The predicted octanol–water partition coefficient (Wildman–Crippen LogP) is 1.85. The summed E-state index contributed by atoms with van der Waals surface area (Å²) in [5.74, 6) is 0. The smallest absolute Gasteiger partial charge is 0.0663 e. The minimum atomic E-state index is 0.257. The Labute approximate surface area is 122 Å². The van der Waals surface area contributed by atoms with E-state index < -0.39 is 0 Å².